The summed E-state index contributed by atoms with van der Waals surface area (Å²) in [5.74, 6) is 2.46. The first-order valence-corrected chi connectivity index (χ1v) is 9.77. The van der Waals surface area contributed by atoms with E-state index in [0.29, 0.717) is 12.5 Å². The van der Waals surface area contributed by atoms with Gasteiger partial charge >= 0.3 is 0 Å². The fourth-order valence-electron chi connectivity index (χ4n) is 3.81. The average molecular weight is 502 g/mol. The Kier molecular flexibility index (Phi) is 7.62. The summed E-state index contributed by atoms with van der Waals surface area (Å²) in [4.78, 5) is 6.83. The Morgan fingerprint density at radius 3 is 2.55 bits per heavy atom. The Balaban J connectivity index is 0.00000240. The standard InChI is InChI=1S/C22H26N6.HI/c1-23-22(27-13-12-19(16-27)14-18-8-4-2-5-9-18)24-15-21-26-25-17-28(21)20-10-6-3-7-11-20;/h2-11,17,19H,12-16H2,1H3,(H,23,24);1H. The van der Waals surface area contributed by atoms with Crippen molar-refractivity contribution in [3.63, 3.8) is 0 Å². The summed E-state index contributed by atoms with van der Waals surface area (Å²) in [5, 5.41) is 11.8. The molecule has 0 aliphatic carbocycles. The van der Waals surface area contributed by atoms with Gasteiger partial charge in [0.15, 0.2) is 11.8 Å². The third kappa shape index (κ3) is 5.35. The Morgan fingerprint density at radius 2 is 1.83 bits per heavy atom. The first-order valence-electron chi connectivity index (χ1n) is 9.77. The molecule has 1 atom stereocenters. The molecule has 1 aliphatic heterocycles. The van der Waals surface area contributed by atoms with Crippen LogP contribution in [0.15, 0.2) is 72.0 Å². The van der Waals surface area contributed by atoms with Crippen LogP contribution in [0.3, 0.4) is 0 Å². The van der Waals surface area contributed by atoms with Crippen LogP contribution >= 0.6 is 24.0 Å². The fraction of sp³-hybridized carbons (Fsp3) is 0.318. The fourth-order valence-corrected chi connectivity index (χ4v) is 3.81. The van der Waals surface area contributed by atoms with E-state index in [4.69, 9.17) is 0 Å². The molecule has 1 N–H and O–H groups in total. The average Bonchev–Trinajstić information content (AvgIpc) is 3.40. The van der Waals surface area contributed by atoms with E-state index in [0.717, 1.165) is 37.0 Å². The minimum Gasteiger partial charge on any atom is -0.349 e. The van der Waals surface area contributed by atoms with Gasteiger partial charge in [-0.2, -0.15) is 0 Å². The van der Waals surface area contributed by atoms with Crippen LogP contribution in [0, 0.1) is 5.92 Å². The minimum absolute atomic E-state index is 0. The zero-order chi connectivity index (χ0) is 19.2. The molecule has 0 amide bonds. The van der Waals surface area contributed by atoms with Crippen molar-refractivity contribution < 1.29 is 0 Å². The van der Waals surface area contributed by atoms with Gasteiger partial charge in [-0.05, 0) is 36.5 Å². The van der Waals surface area contributed by atoms with Crippen LogP contribution in [-0.2, 0) is 13.0 Å². The smallest absolute Gasteiger partial charge is 0.194 e. The van der Waals surface area contributed by atoms with E-state index in [9.17, 15) is 0 Å². The molecule has 0 spiro atoms. The monoisotopic (exact) mass is 502 g/mol. The summed E-state index contributed by atoms with van der Waals surface area (Å²) in [5.41, 5.74) is 2.47. The Labute approximate surface area is 189 Å². The lowest BCUT2D eigenvalue weighted by molar-refractivity contribution is 0.458. The molecule has 29 heavy (non-hydrogen) atoms. The van der Waals surface area contributed by atoms with Crippen molar-refractivity contribution in [2.45, 2.75) is 19.4 Å². The number of rotatable bonds is 5. The second kappa shape index (κ2) is 10.4. The lowest BCUT2D eigenvalue weighted by Crippen LogP contribution is -2.40. The van der Waals surface area contributed by atoms with Crippen molar-refractivity contribution >= 4 is 29.9 Å². The number of aliphatic imine (C=N–C) groups is 1. The largest absolute Gasteiger partial charge is 0.349 e. The zero-order valence-corrected chi connectivity index (χ0v) is 18.9. The lowest BCUT2D eigenvalue weighted by atomic mass is 9.99. The van der Waals surface area contributed by atoms with Crippen LogP contribution in [0.1, 0.15) is 17.8 Å². The first kappa shape index (κ1) is 21.3. The van der Waals surface area contributed by atoms with Crippen LogP contribution in [-0.4, -0.2) is 45.8 Å². The minimum atomic E-state index is 0. The van der Waals surface area contributed by atoms with E-state index in [1.807, 2.05) is 29.8 Å². The van der Waals surface area contributed by atoms with Gasteiger partial charge in [-0.15, -0.1) is 34.2 Å². The maximum atomic E-state index is 4.49. The van der Waals surface area contributed by atoms with E-state index in [1.54, 1.807) is 6.33 Å². The second-order valence-electron chi connectivity index (χ2n) is 7.14. The molecule has 1 aliphatic rings. The predicted molar refractivity (Wildman–Crippen MR) is 127 cm³/mol. The van der Waals surface area contributed by atoms with E-state index in [1.165, 1.54) is 12.0 Å². The maximum absolute atomic E-state index is 4.49. The predicted octanol–water partition coefficient (Wildman–Crippen LogP) is 3.53. The summed E-state index contributed by atoms with van der Waals surface area (Å²) in [7, 11) is 1.84. The van der Waals surface area contributed by atoms with E-state index in [-0.39, 0.29) is 24.0 Å². The van der Waals surface area contributed by atoms with Crippen molar-refractivity contribution in [1.82, 2.24) is 25.0 Å². The quantitative estimate of drug-likeness (QED) is 0.330. The van der Waals surface area contributed by atoms with Gasteiger partial charge in [0.05, 0.1) is 6.54 Å². The third-order valence-electron chi connectivity index (χ3n) is 5.22. The number of hydrogen-bond acceptors (Lipinski definition) is 3. The number of nitrogens with one attached hydrogen (secondary N) is 1. The van der Waals surface area contributed by atoms with E-state index < -0.39 is 0 Å². The van der Waals surface area contributed by atoms with Gasteiger partial charge in [-0.25, -0.2) is 0 Å². The lowest BCUT2D eigenvalue weighted by Gasteiger charge is -2.21. The van der Waals surface area contributed by atoms with Crippen molar-refractivity contribution in [2.24, 2.45) is 10.9 Å². The topological polar surface area (TPSA) is 58.3 Å². The number of nitrogens with zero attached hydrogens (tertiary/aromatic N) is 5. The number of halogens is 1. The summed E-state index contributed by atoms with van der Waals surface area (Å²) >= 11 is 0. The molecular weight excluding hydrogens is 475 g/mol. The highest BCUT2D eigenvalue weighted by atomic mass is 127. The van der Waals surface area contributed by atoms with Crippen LogP contribution in [0.25, 0.3) is 5.69 Å². The molecule has 2 heterocycles. The molecule has 7 heteroatoms. The van der Waals surface area contributed by atoms with Gasteiger partial charge in [0.25, 0.3) is 0 Å². The van der Waals surface area contributed by atoms with Crippen LogP contribution in [0.4, 0.5) is 0 Å². The summed E-state index contributed by atoms with van der Waals surface area (Å²) in [6.45, 7) is 2.64. The van der Waals surface area contributed by atoms with Crippen molar-refractivity contribution in [3.05, 3.63) is 78.4 Å². The highest BCUT2D eigenvalue weighted by Gasteiger charge is 2.25. The summed E-state index contributed by atoms with van der Waals surface area (Å²) < 4.78 is 2.00. The van der Waals surface area contributed by atoms with Crippen molar-refractivity contribution in [3.8, 4) is 5.69 Å². The molecule has 1 saturated heterocycles. The molecule has 152 valence electrons. The van der Waals surface area contributed by atoms with Gasteiger partial charge in [-0.1, -0.05) is 48.5 Å². The summed E-state index contributed by atoms with van der Waals surface area (Å²) in [6.07, 6.45) is 4.06. The van der Waals surface area contributed by atoms with Gasteiger partial charge in [0.1, 0.15) is 6.33 Å². The third-order valence-corrected chi connectivity index (χ3v) is 5.22. The molecule has 4 rings (SSSR count). The number of para-hydroxylation sites is 1. The van der Waals surface area contributed by atoms with Gasteiger partial charge < -0.3 is 10.2 Å². The number of aromatic nitrogens is 3. The Hall–Kier alpha value is -2.42. The molecular formula is C22H27IN6. The molecule has 0 radical (unpaired) electrons. The molecule has 0 saturated carbocycles. The molecule has 1 aromatic heterocycles. The zero-order valence-electron chi connectivity index (χ0n) is 16.6. The molecule has 0 bridgehead atoms. The number of hydrogen-bond donors (Lipinski definition) is 1. The molecule has 3 aromatic rings. The highest BCUT2D eigenvalue weighted by Crippen LogP contribution is 2.21. The second-order valence-corrected chi connectivity index (χ2v) is 7.14. The number of likely N-dealkylation sites (tertiary alicyclic amines) is 1. The molecule has 1 fully saturated rings. The normalized spacial score (nSPS) is 16.5. The van der Waals surface area contributed by atoms with E-state index in [2.05, 4.69) is 67.9 Å². The van der Waals surface area contributed by atoms with Gasteiger partial charge in [-0.3, -0.25) is 9.56 Å². The van der Waals surface area contributed by atoms with Gasteiger partial charge in [0.2, 0.25) is 0 Å². The van der Waals surface area contributed by atoms with Crippen LogP contribution in [0.2, 0.25) is 0 Å². The highest BCUT2D eigenvalue weighted by molar-refractivity contribution is 14.0. The SMILES string of the molecule is CN=C(NCc1nncn1-c1ccccc1)N1CCC(Cc2ccccc2)C1.I. The van der Waals surface area contributed by atoms with Crippen LogP contribution in [0.5, 0.6) is 0 Å². The molecule has 1 unspecified atom stereocenters. The van der Waals surface area contributed by atoms with Gasteiger partial charge in [0, 0.05) is 25.8 Å². The molecule has 2 aromatic carbocycles. The number of benzene rings is 2. The van der Waals surface area contributed by atoms with Crippen LogP contribution < -0.4 is 5.32 Å². The first-order chi connectivity index (χ1) is 13.8. The van der Waals surface area contributed by atoms with Crippen molar-refractivity contribution in [1.29, 1.82) is 0 Å². The molecule has 6 nitrogen and oxygen atoms in total. The Morgan fingerprint density at radius 1 is 1.10 bits per heavy atom. The Bertz CT molecular complexity index is 909. The van der Waals surface area contributed by atoms with E-state index >= 15 is 0 Å². The number of guanidine groups is 1. The summed E-state index contributed by atoms with van der Waals surface area (Å²) in [6, 6.07) is 20.9. The maximum Gasteiger partial charge on any atom is 0.194 e. The van der Waals surface area contributed by atoms with Crippen molar-refractivity contribution in [2.75, 3.05) is 20.1 Å².